The number of primary amides is 1. The van der Waals surface area contributed by atoms with E-state index in [2.05, 4.69) is 20.6 Å². The normalized spacial score (nSPS) is 12.5. The van der Waals surface area contributed by atoms with Gasteiger partial charge in [-0.05, 0) is 36.2 Å². The molecule has 1 heterocycles. The number of hydrogen-bond donors (Lipinski definition) is 3. The second-order valence-corrected chi connectivity index (χ2v) is 5.88. The Morgan fingerprint density at radius 1 is 1.23 bits per heavy atom. The van der Waals surface area contributed by atoms with E-state index in [9.17, 15) is 9.18 Å². The molecule has 1 aromatic carbocycles. The monoisotopic (exact) mass is 357 g/mol. The van der Waals surface area contributed by atoms with Crippen molar-refractivity contribution in [3.05, 3.63) is 65.7 Å². The molecule has 0 spiro atoms. The van der Waals surface area contributed by atoms with Gasteiger partial charge in [0.05, 0.1) is 5.92 Å². The molecule has 2 aromatic rings. The molecule has 1 aromatic heterocycles. The van der Waals surface area contributed by atoms with Crippen molar-refractivity contribution in [2.45, 2.75) is 12.8 Å². The third-order valence-electron chi connectivity index (χ3n) is 3.94. The predicted octanol–water partition coefficient (Wildman–Crippen LogP) is 1.27. The van der Waals surface area contributed by atoms with Gasteiger partial charge in [0.1, 0.15) is 5.82 Å². The fourth-order valence-electron chi connectivity index (χ4n) is 2.47. The van der Waals surface area contributed by atoms with Crippen molar-refractivity contribution in [1.29, 1.82) is 0 Å². The van der Waals surface area contributed by atoms with Crippen LogP contribution >= 0.6 is 0 Å². The van der Waals surface area contributed by atoms with E-state index in [0.717, 1.165) is 17.7 Å². The Hall–Kier alpha value is -2.96. The molecule has 0 saturated carbocycles. The SMILES string of the molecule is CN=C(NCCc1ccccn1)NCC(Cc1ccc(F)cc1)C(N)=O. The molecule has 0 fully saturated rings. The molecule has 1 amide bonds. The van der Waals surface area contributed by atoms with Crippen molar-refractivity contribution in [1.82, 2.24) is 15.6 Å². The highest BCUT2D eigenvalue weighted by atomic mass is 19.1. The largest absolute Gasteiger partial charge is 0.369 e. The first-order chi connectivity index (χ1) is 12.6. The van der Waals surface area contributed by atoms with Crippen molar-refractivity contribution in [2.75, 3.05) is 20.1 Å². The summed E-state index contributed by atoms with van der Waals surface area (Å²) in [6, 6.07) is 11.8. The zero-order chi connectivity index (χ0) is 18.8. The van der Waals surface area contributed by atoms with Crippen LogP contribution in [0.2, 0.25) is 0 Å². The molecule has 4 N–H and O–H groups in total. The van der Waals surface area contributed by atoms with Crippen LogP contribution in [-0.4, -0.2) is 37.0 Å². The van der Waals surface area contributed by atoms with Crippen molar-refractivity contribution in [3.63, 3.8) is 0 Å². The number of nitrogens with zero attached hydrogens (tertiary/aromatic N) is 2. The summed E-state index contributed by atoms with van der Waals surface area (Å²) in [7, 11) is 1.66. The number of aromatic nitrogens is 1. The predicted molar refractivity (Wildman–Crippen MR) is 100 cm³/mol. The molecule has 1 unspecified atom stereocenters. The second-order valence-electron chi connectivity index (χ2n) is 5.88. The summed E-state index contributed by atoms with van der Waals surface area (Å²) in [6.45, 7) is 1.01. The van der Waals surface area contributed by atoms with E-state index in [-0.39, 0.29) is 5.82 Å². The molecule has 26 heavy (non-hydrogen) atoms. The van der Waals surface area contributed by atoms with E-state index >= 15 is 0 Å². The van der Waals surface area contributed by atoms with Gasteiger partial charge in [0.15, 0.2) is 5.96 Å². The lowest BCUT2D eigenvalue weighted by atomic mass is 9.98. The molecule has 0 saturated heterocycles. The van der Waals surface area contributed by atoms with Gasteiger partial charge in [-0.3, -0.25) is 14.8 Å². The standard InChI is InChI=1S/C19H24FN5O/c1-22-19(24-11-9-17-4-2-3-10-23-17)25-13-15(18(21)26)12-14-5-7-16(20)8-6-14/h2-8,10,15H,9,11-13H2,1H3,(H2,21,26)(H2,22,24,25). The van der Waals surface area contributed by atoms with Crippen LogP contribution < -0.4 is 16.4 Å². The molecule has 1 atom stereocenters. The quantitative estimate of drug-likeness (QED) is 0.490. The van der Waals surface area contributed by atoms with Crippen molar-refractivity contribution < 1.29 is 9.18 Å². The molecule has 0 aliphatic carbocycles. The van der Waals surface area contributed by atoms with E-state index < -0.39 is 11.8 Å². The first-order valence-corrected chi connectivity index (χ1v) is 8.46. The zero-order valence-electron chi connectivity index (χ0n) is 14.8. The van der Waals surface area contributed by atoms with Gasteiger partial charge >= 0.3 is 0 Å². The molecule has 0 bridgehead atoms. The highest BCUT2D eigenvalue weighted by Gasteiger charge is 2.16. The molecular weight excluding hydrogens is 333 g/mol. The van der Waals surface area contributed by atoms with Crippen molar-refractivity contribution in [2.24, 2.45) is 16.6 Å². The Morgan fingerprint density at radius 2 is 2.00 bits per heavy atom. The topological polar surface area (TPSA) is 92.4 Å². The fraction of sp³-hybridized carbons (Fsp3) is 0.316. The highest BCUT2D eigenvalue weighted by Crippen LogP contribution is 2.09. The zero-order valence-corrected chi connectivity index (χ0v) is 14.8. The Morgan fingerprint density at radius 3 is 2.62 bits per heavy atom. The highest BCUT2D eigenvalue weighted by molar-refractivity contribution is 5.81. The molecule has 6 nitrogen and oxygen atoms in total. The van der Waals surface area contributed by atoms with Crippen LogP contribution in [0.3, 0.4) is 0 Å². The maximum absolute atomic E-state index is 13.0. The van der Waals surface area contributed by atoms with Gasteiger partial charge in [0.25, 0.3) is 0 Å². The van der Waals surface area contributed by atoms with Gasteiger partial charge in [-0.15, -0.1) is 0 Å². The minimum atomic E-state index is -0.421. The van der Waals surface area contributed by atoms with Gasteiger partial charge in [-0.25, -0.2) is 4.39 Å². The van der Waals surface area contributed by atoms with E-state index in [4.69, 9.17) is 5.73 Å². The van der Waals surface area contributed by atoms with E-state index in [1.165, 1.54) is 12.1 Å². The third kappa shape index (κ3) is 6.51. The number of amides is 1. The summed E-state index contributed by atoms with van der Waals surface area (Å²) in [6.07, 6.45) is 2.96. The lowest BCUT2D eigenvalue weighted by Gasteiger charge is -2.17. The van der Waals surface area contributed by atoms with Crippen LogP contribution in [-0.2, 0) is 17.6 Å². The molecule has 0 aliphatic heterocycles. The number of pyridine rings is 1. The average Bonchev–Trinajstić information content (AvgIpc) is 2.65. The lowest BCUT2D eigenvalue weighted by molar-refractivity contribution is -0.121. The minimum absolute atomic E-state index is 0.306. The molecule has 0 aliphatic rings. The minimum Gasteiger partial charge on any atom is -0.369 e. The van der Waals surface area contributed by atoms with Crippen LogP contribution in [0.5, 0.6) is 0 Å². The summed E-state index contributed by atoms with van der Waals surface area (Å²) in [5.41, 5.74) is 7.34. The summed E-state index contributed by atoms with van der Waals surface area (Å²) >= 11 is 0. The van der Waals surface area contributed by atoms with Gasteiger partial charge in [0.2, 0.25) is 5.91 Å². The number of carbonyl (C=O) groups excluding carboxylic acids is 1. The lowest BCUT2D eigenvalue weighted by Crippen LogP contribution is -2.43. The van der Waals surface area contributed by atoms with Crippen LogP contribution in [0, 0.1) is 11.7 Å². The van der Waals surface area contributed by atoms with Gasteiger partial charge in [-0.1, -0.05) is 18.2 Å². The van der Waals surface area contributed by atoms with Gasteiger partial charge in [-0.2, -0.15) is 0 Å². The fourth-order valence-corrected chi connectivity index (χ4v) is 2.47. The molecule has 0 radical (unpaired) electrons. The van der Waals surface area contributed by atoms with Crippen LogP contribution in [0.25, 0.3) is 0 Å². The maximum atomic E-state index is 13.0. The number of guanidine groups is 1. The van der Waals surface area contributed by atoms with Gasteiger partial charge < -0.3 is 16.4 Å². The smallest absolute Gasteiger partial charge is 0.222 e. The number of aliphatic imine (C=N–C) groups is 1. The number of carbonyl (C=O) groups is 1. The summed E-state index contributed by atoms with van der Waals surface area (Å²) < 4.78 is 13.0. The summed E-state index contributed by atoms with van der Waals surface area (Å²) in [5.74, 6) is -0.549. The van der Waals surface area contributed by atoms with E-state index in [1.807, 2.05) is 18.2 Å². The number of halogens is 1. The molecule has 138 valence electrons. The summed E-state index contributed by atoms with van der Waals surface area (Å²) in [4.78, 5) is 20.1. The molecule has 7 heteroatoms. The first-order valence-electron chi connectivity index (χ1n) is 8.46. The van der Waals surface area contributed by atoms with Gasteiger partial charge in [0, 0.05) is 38.4 Å². The van der Waals surface area contributed by atoms with Crippen molar-refractivity contribution >= 4 is 11.9 Å². The Balaban J connectivity index is 1.81. The Labute approximate surface area is 152 Å². The van der Waals surface area contributed by atoms with Crippen LogP contribution in [0.15, 0.2) is 53.7 Å². The maximum Gasteiger partial charge on any atom is 0.222 e. The molecule has 2 rings (SSSR count). The number of rotatable bonds is 8. The van der Waals surface area contributed by atoms with Crippen LogP contribution in [0.4, 0.5) is 4.39 Å². The third-order valence-corrected chi connectivity index (χ3v) is 3.94. The first kappa shape index (κ1) is 19.4. The number of benzene rings is 1. The average molecular weight is 357 g/mol. The second kappa shape index (κ2) is 10.1. The number of nitrogens with one attached hydrogen (secondary N) is 2. The van der Waals surface area contributed by atoms with E-state index in [0.29, 0.717) is 25.5 Å². The number of hydrogen-bond acceptors (Lipinski definition) is 3. The van der Waals surface area contributed by atoms with Crippen molar-refractivity contribution in [3.8, 4) is 0 Å². The molecular formula is C19H24FN5O. The Bertz CT molecular complexity index is 718. The van der Waals surface area contributed by atoms with Crippen LogP contribution in [0.1, 0.15) is 11.3 Å². The van der Waals surface area contributed by atoms with E-state index in [1.54, 1.807) is 25.4 Å². The summed E-state index contributed by atoms with van der Waals surface area (Å²) in [5, 5.41) is 6.29. The Kier molecular flexibility index (Phi) is 7.54. The number of nitrogens with two attached hydrogens (primary N) is 1.